The van der Waals surface area contributed by atoms with Crippen LogP contribution in [0.15, 0.2) is 6.07 Å². The fraction of sp³-hybridized carbons (Fsp3) is 0.778. The van der Waals surface area contributed by atoms with E-state index >= 15 is 0 Å². The van der Waals surface area contributed by atoms with E-state index in [9.17, 15) is 10.2 Å². The summed E-state index contributed by atoms with van der Waals surface area (Å²) in [5.74, 6) is 2.78. The van der Waals surface area contributed by atoms with E-state index in [4.69, 9.17) is 0 Å². The van der Waals surface area contributed by atoms with Crippen molar-refractivity contribution >= 4 is 11.8 Å². The van der Waals surface area contributed by atoms with Gasteiger partial charge in [0.1, 0.15) is 5.82 Å². The molecule has 2 fully saturated rings. The highest BCUT2D eigenvalue weighted by Crippen LogP contribution is 2.29. The van der Waals surface area contributed by atoms with Gasteiger partial charge in [0.25, 0.3) is 0 Å². The zero-order chi connectivity index (χ0) is 17.8. The highest BCUT2D eigenvalue weighted by molar-refractivity contribution is 5.45. The molecule has 0 saturated carbocycles. The number of nitrogens with one attached hydrogen (secondary N) is 1. The van der Waals surface area contributed by atoms with E-state index < -0.39 is 0 Å². The molecule has 2 atom stereocenters. The van der Waals surface area contributed by atoms with E-state index in [2.05, 4.69) is 25.1 Å². The molecule has 0 aliphatic carbocycles. The van der Waals surface area contributed by atoms with Gasteiger partial charge < -0.3 is 25.3 Å². The molecule has 0 bridgehead atoms. The number of aryl methyl sites for hydroxylation is 1. The molecule has 2 aliphatic rings. The number of piperidine rings is 1. The van der Waals surface area contributed by atoms with E-state index in [1.165, 1.54) is 0 Å². The summed E-state index contributed by atoms with van der Waals surface area (Å²) in [6, 6.07) is 2.02. The average Bonchev–Trinajstić information content (AvgIpc) is 3.04. The highest BCUT2D eigenvalue weighted by atomic mass is 16.3. The molecular formula is C18H31N5O2. The van der Waals surface area contributed by atoms with Crippen molar-refractivity contribution < 1.29 is 10.2 Å². The standard InChI is InChI=1S/C18H31N5O2/c1-13-7-17(21-18(19-2)20-13)23-9-15(16(10-23)12-25)8-22-5-3-14(11-24)4-6-22/h7,14-16,24-25H,3-6,8-12H2,1-2H3,(H,19,20,21)/t15-,16-/m1/s1. The van der Waals surface area contributed by atoms with Crippen molar-refractivity contribution in [1.29, 1.82) is 0 Å². The maximum Gasteiger partial charge on any atom is 0.224 e. The lowest BCUT2D eigenvalue weighted by Crippen LogP contribution is -2.40. The summed E-state index contributed by atoms with van der Waals surface area (Å²) >= 11 is 0. The minimum Gasteiger partial charge on any atom is -0.396 e. The van der Waals surface area contributed by atoms with E-state index in [0.717, 1.165) is 57.1 Å². The van der Waals surface area contributed by atoms with Crippen LogP contribution in [0.1, 0.15) is 18.5 Å². The third kappa shape index (κ3) is 4.40. The third-order valence-electron chi connectivity index (χ3n) is 5.66. The van der Waals surface area contributed by atoms with Crippen molar-refractivity contribution in [3.63, 3.8) is 0 Å². The zero-order valence-corrected chi connectivity index (χ0v) is 15.4. The molecule has 0 aromatic carbocycles. The molecule has 7 nitrogen and oxygen atoms in total. The Morgan fingerprint density at radius 1 is 1.12 bits per heavy atom. The van der Waals surface area contributed by atoms with Gasteiger partial charge in [-0.25, -0.2) is 4.98 Å². The normalized spacial score (nSPS) is 25.5. The molecule has 0 spiro atoms. The predicted octanol–water partition coefficient (Wildman–Crippen LogP) is 0.576. The minimum atomic E-state index is 0.219. The zero-order valence-electron chi connectivity index (χ0n) is 15.4. The second-order valence-electron chi connectivity index (χ2n) is 7.48. The number of nitrogens with zero attached hydrogens (tertiary/aromatic N) is 4. The Hall–Kier alpha value is -1.44. The Morgan fingerprint density at radius 3 is 2.48 bits per heavy atom. The van der Waals surface area contributed by atoms with Crippen LogP contribution >= 0.6 is 0 Å². The highest BCUT2D eigenvalue weighted by Gasteiger charge is 2.35. The van der Waals surface area contributed by atoms with Gasteiger partial charge in [0.15, 0.2) is 0 Å². The smallest absolute Gasteiger partial charge is 0.224 e. The molecule has 3 rings (SSSR count). The van der Waals surface area contributed by atoms with Crippen LogP contribution in [-0.2, 0) is 0 Å². The molecule has 25 heavy (non-hydrogen) atoms. The average molecular weight is 349 g/mol. The molecule has 0 unspecified atom stereocenters. The van der Waals surface area contributed by atoms with E-state index in [1.54, 1.807) is 0 Å². The van der Waals surface area contributed by atoms with Crippen molar-refractivity contribution in [3.05, 3.63) is 11.8 Å². The van der Waals surface area contributed by atoms with Crippen molar-refractivity contribution in [1.82, 2.24) is 14.9 Å². The number of aliphatic hydroxyl groups is 2. The summed E-state index contributed by atoms with van der Waals surface area (Å²) < 4.78 is 0. The molecular weight excluding hydrogens is 318 g/mol. The number of aromatic nitrogens is 2. The lowest BCUT2D eigenvalue weighted by Gasteiger charge is -2.33. The third-order valence-corrected chi connectivity index (χ3v) is 5.66. The van der Waals surface area contributed by atoms with Gasteiger partial charge in [-0.05, 0) is 44.7 Å². The van der Waals surface area contributed by atoms with Gasteiger partial charge in [-0.3, -0.25) is 0 Å². The molecule has 0 amide bonds. The van der Waals surface area contributed by atoms with Crippen LogP contribution in [-0.4, -0.2) is 78.1 Å². The summed E-state index contributed by atoms with van der Waals surface area (Å²) in [6.07, 6.45) is 2.15. The summed E-state index contributed by atoms with van der Waals surface area (Å²) in [5, 5.41) is 22.2. The van der Waals surface area contributed by atoms with Gasteiger partial charge in [-0.2, -0.15) is 4.98 Å². The second kappa shape index (κ2) is 8.29. The quantitative estimate of drug-likeness (QED) is 0.692. The Balaban J connectivity index is 1.63. The summed E-state index contributed by atoms with van der Waals surface area (Å²) in [6.45, 7) is 7.39. The molecule has 2 saturated heterocycles. The molecule has 1 aromatic heterocycles. The van der Waals surface area contributed by atoms with Gasteiger partial charge in [-0.1, -0.05) is 0 Å². The van der Waals surface area contributed by atoms with E-state index in [1.807, 2.05) is 20.0 Å². The maximum atomic E-state index is 9.84. The van der Waals surface area contributed by atoms with Crippen LogP contribution in [0, 0.1) is 24.7 Å². The van der Waals surface area contributed by atoms with Crippen molar-refractivity contribution in [2.75, 3.05) is 63.2 Å². The number of anilines is 2. The van der Waals surface area contributed by atoms with Crippen LogP contribution in [0.25, 0.3) is 0 Å². The van der Waals surface area contributed by atoms with Gasteiger partial charge in [-0.15, -0.1) is 0 Å². The van der Waals surface area contributed by atoms with Crippen LogP contribution in [0.2, 0.25) is 0 Å². The second-order valence-corrected chi connectivity index (χ2v) is 7.48. The van der Waals surface area contributed by atoms with Crippen LogP contribution in [0.4, 0.5) is 11.8 Å². The summed E-state index contributed by atoms with van der Waals surface area (Å²) in [5.41, 5.74) is 0.949. The molecule has 7 heteroatoms. The first-order valence-electron chi connectivity index (χ1n) is 9.35. The number of aliphatic hydroxyl groups excluding tert-OH is 2. The van der Waals surface area contributed by atoms with Gasteiger partial charge in [0.05, 0.1) is 0 Å². The van der Waals surface area contributed by atoms with E-state index in [-0.39, 0.29) is 12.5 Å². The maximum absolute atomic E-state index is 9.84. The van der Waals surface area contributed by atoms with Crippen LogP contribution in [0.5, 0.6) is 0 Å². The molecule has 2 aliphatic heterocycles. The van der Waals surface area contributed by atoms with E-state index in [0.29, 0.717) is 24.4 Å². The summed E-state index contributed by atoms with van der Waals surface area (Å²) in [4.78, 5) is 13.7. The molecule has 140 valence electrons. The van der Waals surface area contributed by atoms with Crippen molar-refractivity contribution in [3.8, 4) is 0 Å². The number of hydrogen-bond donors (Lipinski definition) is 3. The Kier molecular flexibility index (Phi) is 6.09. The summed E-state index contributed by atoms with van der Waals surface area (Å²) in [7, 11) is 1.83. The Bertz CT molecular complexity index is 562. The lowest BCUT2D eigenvalue weighted by atomic mass is 9.93. The van der Waals surface area contributed by atoms with Crippen LogP contribution < -0.4 is 10.2 Å². The fourth-order valence-corrected chi connectivity index (χ4v) is 4.05. The molecule has 1 aromatic rings. The SMILES string of the molecule is CNc1nc(C)cc(N2C[C@@H](CN3CCC(CO)CC3)[C@@H](CO)C2)n1. The first-order chi connectivity index (χ1) is 12.1. The minimum absolute atomic E-state index is 0.219. The molecule has 0 radical (unpaired) electrons. The van der Waals surface area contributed by atoms with Crippen molar-refractivity contribution in [2.45, 2.75) is 19.8 Å². The van der Waals surface area contributed by atoms with Crippen LogP contribution in [0.3, 0.4) is 0 Å². The molecule has 3 N–H and O–H groups in total. The first kappa shape index (κ1) is 18.4. The Morgan fingerprint density at radius 2 is 1.84 bits per heavy atom. The first-order valence-corrected chi connectivity index (χ1v) is 9.35. The largest absolute Gasteiger partial charge is 0.396 e. The number of hydrogen-bond acceptors (Lipinski definition) is 7. The number of rotatable bonds is 6. The van der Waals surface area contributed by atoms with Gasteiger partial charge in [0, 0.05) is 57.6 Å². The number of likely N-dealkylation sites (tertiary alicyclic amines) is 1. The topological polar surface area (TPSA) is 84.8 Å². The predicted molar refractivity (Wildman–Crippen MR) is 98.8 cm³/mol. The van der Waals surface area contributed by atoms with Crippen molar-refractivity contribution in [2.24, 2.45) is 17.8 Å². The van der Waals surface area contributed by atoms with Gasteiger partial charge >= 0.3 is 0 Å². The van der Waals surface area contributed by atoms with Gasteiger partial charge in [0.2, 0.25) is 5.95 Å². The fourth-order valence-electron chi connectivity index (χ4n) is 4.05. The monoisotopic (exact) mass is 349 g/mol. The molecule has 3 heterocycles. The lowest BCUT2D eigenvalue weighted by molar-refractivity contribution is 0.106. The Labute approximate surface area is 150 Å².